The lowest BCUT2D eigenvalue weighted by Gasteiger charge is -2.27. The minimum atomic E-state index is -0.814. The maximum absolute atomic E-state index is 13.0. The molecule has 1 N–H and O–H groups in total. The van der Waals surface area contributed by atoms with Crippen molar-refractivity contribution in [3.05, 3.63) is 71.7 Å². The Morgan fingerprint density at radius 1 is 1.10 bits per heavy atom. The van der Waals surface area contributed by atoms with Crippen molar-refractivity contribution in [2.45, 2.75) is 32.3 Å². The lowest BCUT2D eigenvalue weighted by molar-refractivity contribution is -0.130. The summed E-state index contributed by atoms with van der Waals surface area (Å²) >= 11 is 0. The molecule has 0 saturated carbocycles. The van der Waals surface area contributed by atoms with Crippen LogP contribution in [-0.4, -0.2) is 24.8 Å². The highest BCUT2D eigenvalue weighted by atomic mass is 19.1. The summed E-state index contributed by atoms with van der Waals surface area (Å²) in [6, 6.07) is 15.2. The molecule has 2 aromatic carbocycles. The summed E-state index contributed by atoms with van der Waals surface area (Å²) in [4.78, 5) is 12.4. The number of rotatable bonds is 4. The molecule has 1 aromatic heterocycles. The fourth-order valence-electron chi connectivity index (χ4n) is 3.09. The molecular weight excluding hydrogens is 399 g/mol. The molecule has 0 saturated heterocycles. The summed E-state index contributed by atoms with van der Waals surface area (Å²) in [5.41, 5.74) is 4.23. The first-order valence-electron chi connectivity index (χ1n) is 9.92. The zero-order valence-electron chi connectivity index (χ0n) is 17.5. The van der Waals surface area contributed by atoms with Gasteiger partial charge in [0.2, 0.25) is 6.10 Å². The highest BCUT2D eigenvalue weighted by Crippen LogP contribution is 2.36. The molecule has 1 aliphatic rings. The summed E-state index contributed by atoms with van der Waals surface area (Å²) in [6.45, 7) is 6.41. The molecule has 0 bridgehead atoms. The van der Waals surface area contributed by atoms with E-state index in [1.165, 1.54) is 18.3 Å². The van der Waals surface area contributed by atoms with Crippen molar-refractivity contribution >= 4 is 12.1 Å². The minimum absolute atomic E-state index is 0.0479. The summed E-state index contributed by atoms with van der Waals surface area (Å²) in [7, 11) is 0. The van der Waals surface area contributed by atoms with Gasteiger partial charge in [-0.1, -0.05) is 26.8 Å². The molecule has 31 heavy (non-hydrogen) atoms. The molecule has 2 heterocycles. The third kappa shape index (κ3) is 4.77. The van der Waals surface area contributed by atoms with Gasteiger partial charge in [-0.3, -0.25) is 4.79 Å². The molecular formula is C24H23FN2O4. The number of hydrogen-bond acceptors (Lipinski definition) is 5. The van der Waals surface area contributed by atoms with Gasteiger partial charge in [0.15, 0.2) is 11.5 Å². The molecule has 3 aromatic rings. The van der Waals surface area contributed by atoms with E-state index in [9.17, 15) is 9.18 Å². The number of furan rings is 1. The van der Waals surface area contributed by atoms with Gasteiger partial charge in [0.1, 0.15) is 23.9 Å². The fraction of sp³-hybridized carbons (Fsp3) is 0.250. The van der Waals surface area contributed by atoms with Gasteiger partial charge < -0.3 is 13.9 Å². The number of hydrogen-bond donors (Lipinski definition) is 1. The molecule has 160 valence electrons. The number of halogens is 1. The van der Waals surface area contributed by atoms with Crippen molar-refractivity contribution in [1.82, 2.24) is 5.43 Å². The summed E-state index contributed by atoms with van der Waals surface area (Å²) in [5.74, 6) is 1.44. The number of benzene rings is 2. The Bertz CT molecular complexity index is 1110. The Balaban J connectivity index is 1.37. The second-order valence-electron chi connectivity index (χ2n) is 8.27. The lowest BCUT2D eigenvalue weighted by atomic mass is 9.87. The third-order valence-corrected chi connectivity index (χ3v) is 4.88. The van der Waals surface area contributed by atoms with Crippen LogP contribution in [0.25, 0.3) is 11.3 Å². The number of nitrogens with one attached hydrogen (secondary N) is 1. The van der Waals surface area contributed by atoms with Crippen molar-refractivity contribution in [3.63, 3.8) is 0 Å². The van der Waals surface area contributed by atoms with Gasteiger partial charge in [-0.15, -0.1) is 0 Å². The summed E-state index contributed by atoms with van der Waals surface area (Å²) in [6.07, 6.45) is 0.575. The van der Waals surface area contributed by atoms with Crippen LogP contribution in [0.4, 0.5) is 4.39 Å². The molecule has 7 heteroatoms. The van der Waals surface area contributed by atoms with E-state index in [2.05, 4.69) is 31.3 Å². The Morgan fingerprint density at radius 2 is 1.87 bits per heavy atom. The van der Waals surface area contributed by atoms with E-state index >= 15 is 0 Å². The highest BCUT2D eigenvalue weighted by Gasteiger charge is 2.28. The van der Waals surface area contributed by atoms with Crippen molar-refractivity contribution in [2.24, 2.45) is 5.10 Å². The number of ether oxygens (including phenoxy) is 2. The molecule has 0 radical (unpaired) electrons. The Hall–Kier alpha value is -3.61. The number of nitrogens with zero attached hydrogens (tertiary/aromatic N) is 1. The first-order chi connectivity index (χ1) is 14.8. The first kappa shape index (κ1) is 20.7. The van der Waals surface area contributed by atoms with Crippen LogP contribution in [0, 0.1) is 5.82 Å². The van der Waals surface area contributed by atoms with Gasteiger partial charge in [0.05, 0.1) is 6.21 Å². The van der Waals surface area contributed by atoms with Gasteiger partial charge in [-0.05, 0) is 59.5 Å². The zero-order chi connectivity index (χ0) is 22.0. The van der Waals surface area contributed by atoms with Crippen LogP contribution in [0.3, 0.4) is 0 Å². The molecule has 0 aliphatic carbocycles. The van der Waals surface area contributed by atoms with Crippen LogP contribution in [0.5, 0.6) is 11.5 Å². The van der Waals surface area contributed by atoms with Crippen LogP contribution in [0.2, 0.25) is 0 Å². The largest absolute Gasteiger partial charge is 0.485 e. The van der Waals surface area contributed by atoms with E-state index in [0.717, 1.165) is 11.1 Å². The van der Waals surface area contributed by atoms with Gasteiger partial charge in [0, 0.05) is 5.56 Å². The monoisotopic (exact) mass is 422 g/mol. The topological polar surface area (TPSA) is 73.1 Å². The number of fused-ring (bicyclic) bond motifs is 1. The number of hydrazone groups is 1. The number of carbonyl (C=O) groups excluding carboxylic acids is 1. The average molecular weight is 422 g/mol. The normalized spacial score (nSPS) is 15.8. The van der Waals surface area contributed by atoms with Gasteiger partial charge in [0.25, 0.3) is 5.91 Å². The van der Waals surface area contributed by atoms with Crippen LogP contribution in [0.15, 0.2) is 64.1 Å². The minimum Gasteiger partial charge on any atom is -0.485 e. The van der Waals surface area contributed by atoms with Gasteiger partial charge in [-0.25, -0.2) is 9.82 Å². The molecule has 4 rings (SSSR count). The molecule has 6 nitrogen and oxygen atoms in total. The van der Waals surface area contributed by atoms with E-state index in [1.807, 2.05) is 18.2 Å². The second-order valence-corrected chi connectivity index (χ2v) is 8.27. The molecule has 1 aliphatic heterocycles. The summed E-state index contributed by atoms with van der Waals surface area (Å²) < 4.78 is 30.2. The highest BCUT2D eigenvalue weighted by molar-refractivity contribution is 5.84. The van der Waals surface area contributed by atoms with Crippen molar-refractivity contribution in [3.8, 4) is 22.8 Å². The Morgan fingerprint density at radius 3 is 2.61 bits per heavy atom. The number of amides is 1. The molecule has 0 fully saturated rings. The van der Waals surface area contributed by atoms with Crippen LogP contribution in [0.1, 0.15) is 32.1 Å². The molecule has 1 amide bonds. The smallest absolute Gasteiger partial charge is 0.284 e. The average Bonchev–Trinajstić information content (AvgIpc) is 3.21. The van der Waals surface area contributed by atoms with E-state index in [4.69, 9.17) is 13.9 Å². The maximum Gasteiger partial charge on any atom is 0.284 e. The Kier molecular flexibility index (Phi) is 5.50. The number of carbonyl (C=O) groups is 1. The van der Waals surface area contributed by atoms with Crippen molar-refractivity contribution in [1.29, 1.82) is 0 Å². The second kappa shape index (κ2) is 8.26. The van der Waals surface area contributed by atoms with E-state index < -0.39 is 12.0 Å². The van der Waals surface area contributed by atoms with E-state index in [-0.39, 0.29) is 17.8 Å². The van der Waals surface area contributed by atoms with Crippen LogP contribution in [-0.2, 0) is 10.2 Å². The van der Waals surface area contributed by atoms with Crippen molar-refractivity contribution < 1.29 is 23.1 Å². The SMILES string of the molecule is CC(C)(C)c1ccc2c(c1)O[C@@H](C(=O)N/N=C/c1ccc(-c3ccc(F)cc3)o1)CO2. The molecule has 0 spiro atoms. The summed E-state index contributed by atoms with van der Waals surface area (Å²) in [5, 5.41) is 3.94. The fourth-order valence-corrected chi connectivity index (χ4v) is 3.09. The standard InChI is InChI=1S/C24H23FN2O4/c1-24(2,3)16-6-10-20-21(12-16)31-22(14-29-20)23(28)27-26-13-18-9-11-19(30-18)15-4-7-17(25)8-5-15/h4-13,22H,14H2,1-3H3,(H,27,28)/b26-13+/t22-/m1/s1. The van der Waals surface area contributed by atoms with Crippen LogP contribution < -0.4 is 14.9 Å². The molecule has 1 atom stereocenters. The first-order valence-corrected chi connectivity index (χ1v) is 9.92. The third-order valence-electron chi connectivity index (χ3n) is 4.88. The van der Waals surface area contributed by atoms with Gasteiger partial charge in [-0.2, -0.15) is 5.10 Å². The van der Waals surface area contributed by atoms with E-state index in [0.29, 0.717) is 23.0 Å². The zero-order valence-corrected chi connectivity index (χ0v) is 17.5. The Labute approximate surface area is 179 Å². The van der Waals surface area contributed by atoms with Gasteiger partial charge >= 0.3 is 0 Å². The van der Waals surface area contributed by atoms with E-state index in [1.54, 1.807) is 24.3 Å². The quantitative estimate of drug-likeness (QED) is 0.490. The predicted octanol–water partition coefficient (Wildman–Crippen LogP) is 4.67. The predicted molar refractivity (Wildman–Crippen MR) is 115 cm³/mol. The van der Waals surface area contributed by atoms with Crippen molar-refractivity contribution in [2.75, 3.05) is 6.61 Å². The molecule has 0 unspecified atom stereocenters. The lowest BCUT2D eigenvalue weighted by Crippen LogP contribution is -2.42. The van der Waals surface area contributed by atoms with Crippen LogP contribution >= 0.6 is 0 Å². The maximum atomic E-state index is 13.0.